The maximum absolute atomic E-state index is 12.2. The third kappa shape index (κ3) is 4.52. The van der Waals surface area contributed by atoms with Crippen molar-refractivity contribution in [2.45, 2.75) is 19.9 Å². The summed E-state index contributed by atoms with van der Waals surface area (Å²) in [5, 5.41) is 27.3. The van der Waals surface area contributed by atoms with Crippen molar-refractivity contribution in [1.82, 2.24) is 25.5 Å². The molecule has 0 spiro atoms. The van der Waals surface area contributed by atoms with Crippen LogP contribution in [0, 0.1) is 10.1 Å². The molecule has 0 unspecified atom stereocenters. The van der Waals surface area contributed by atoms with E-state index < -0.39 is 10.8 Å². The molecular weight excluding hydrogens is 402 g/mol. The van der Waals surface area contributed by atoms with Crippen LogP contribution < -0.4 is 10.6 Å². The first-order chi connectivity index (χ1) is 11.4. The molecule has 1 aromatic carbocycles. The number of tetrazole rings is 1. The lowest BCUT2D eigenvalue weighted by Crippen LogP contribution is -2.34. The van der Waals surface area contributed by atoms with Crippen LogP contribution >= 0.6 is 28.1 Å². The van der Waals surface area contributed by atoms with Crippen molar-refractivity contribution < 1.29 is 9.72 Å². The van der Waals surface area contributed by atoms with Gasteiger partial charge in [0, 0.05) is 16.6 Å². The van der Waals surface area contributed by atoms with Gasteiger partial charge in [0.25, 0.3) is 17.5 Å². The standard InChI is InChI=1S/C12H12BrN7O3S/c1-2-5-19-17-11(16-18-19)15-12(24)14-10(21)8-6-7(20(22)23)3-4-9(8)13/h3-4,6H,2,5H2,1H3,(H2,14,15,17,21,24). The lowest BCUT2D eigenvalue weighted by Gasteiger charge is -2.07. The minimum absolute atomic E-state index is 0.0468. The molecule has 2 rings (SSSR count). The van der Waals surface area contributed by atoms with Crippen LogP contribution in [0.25, 0.3) is 0 Å². The highest BCUT2D eigenvalue weighted by atomic mass is 79.9. The fourth-order valence-corrected chi connectivity index (χ4v) is 2.30. The molecule has 0 saturated heterocycles. The van der Waals surface area contributed by atoms with Crippen LogP contribution in [0.15, 0.2) is 22.7 Å². The number of rotatable bonds is 5. The van der Waals surface area contributed by atoms with E-state index in [1.165, 1.54) is 16.9 Å². The SMILES string of the molecule is CCCn1nnc(NC(=S)NC(=O)c2cc([N+](=O)[O-])ccc2Br)n1. The molecule has 2 aromatic rings. The van der Waals surface area contributed by atoms with Gasteiger partial charge in [0.05, 0.1) is 17.0 Å². The molecule has 0 bridgehead atoms. The number of aryl methyl sites for hydroxylation is 1. The van der Waals surface area contributed by atoms with Gasteiger partial charge in [-0.1, -0.05) is 12.0 Å². The van der Waals surface area contributed by atoms with Crippen molar-refractivity contribution in [2.24, 2.45) is 0 Å². The van der Waals surface area contributed by atoms with Crippen molar-refractivity contribution in [3.8, 4) is 0 Å². The fourth-order valence-electron chi connectivity index (χ4n) is 1.69. The molecule has 2 N–H and O–H groups in total. The van der Waals surface area contributed by atoms with Crippen LogP contribution in [0.4, 0.5) is 11.6 Å². The number of amides is 1. The number of nitro benzene ring substituents is 1. The van der Waals surface area contributed by atoms with Gasteiger partial charge >= 0.3 is 0 Å². The van der Waals surface area contributed by atoms with Gasteiger partial charge < -0.3 is 0 Å². The Balaban J connectivity index is 2.04. The molecule has 0 fully saturated rings. The number of benzene rings is 1. The van der Waals surface area contributed by atoms with E-state index in [-0.39, 0.29) is 22.3 Å². The second-order valence-electron chi connectivity index (χ2n) is 4.54. The van der Waals surface area contributed by atoms with Crippen molar-refractivity contribution in [3.05, 3.63) is 38.3 Å². The molecule has 0 radical (unpaired) electrons. The largest absolute Gasteiger partial charge is 0.299 e. The normalized spacial score (nSPS) is 10.2. The summed E-state index contributed by atoms with van der Waals surface area (Å²) in [6.07, 6.45) is 0.845. The molecule has 126 valence electrons. The smallest absolute Gasteiger partial charge is 0.270 e. The van der Waals surface area contributed by atoms with Crippen molar-refractivity contribution in [1.29, 1.82) is 0 Å². The highest BCUT2D eigenvalue weighted by Crippen LogP contribution is 2.22. The van der Waals surface area contributed by atoms with Crippen LogP contribution in [-0.4, -0.2) is 36.2 Å². The van der Waals surface area contributed by atoms with Gasteiger partial charge in [-0.15, -0.1) is 5.10 Å². The lowest BCUT2D eigenvalue weighted by molar-refractivity contribution is -0.384. The van der Waals surface area contributed by atoms with Crippen molar-refractivity contribution in [2.75, 3.05) is 5.32 Å². The van der Waals surface area contributed by atoms with Crippen LogP contribution in [0.3, 0.4) is 0 Å². The van der Waals surface area contributed by atoms with E-state index in [0.29, 0.717) is 11.0 Å². The average Bonchev–Trinajstić information content (AvgIpc) is 2.94. The third-order valence-corrected chi connectivity index (χ3v) is 3.63. The number of thiocarbonyl (C=S) groups is 1. The average molecular weight is 414 g/mol. The van der Waals surface area contributed by atoms with Gasteiger partial charge in [0.2, 0.25) is 0 Å². The van der Waals surface area contributed by atoms with E-state index in [0.717, 1.165) is 12.5 Å². The van der Waals surface area contributed by atoms with E-state index >= 15 is 0 Å². The first-order valence-electron chi connectivity index (χ1n) is 6.74. The van der Waals surface area contributed by atoms with Gasteiger partial charge in [-0.05, 0) is 45.8 Å². The summed E-state index contributed by atoms with van der Waals surface area (Å²) < 4.78 is 0.403. The minimum Gasteiger partial charge on any atom is -0.299 e. The second kappa shape index (κ2) is 7.88. The number of nitrogens with one attached hydrogen (secondary N) is 2. The van der Waals surface area contributed by atoms with Crippen LogP contribution in [-0.2, 0) is 6.54 Å². The van der Waals surface area contributed by atoms with Crippen LogP contribution in [0.2, 0.25) is 0 Å². The van der Waals surface area contributed by atoms with E-state index in [1.807, 2.05) is 6.92 Å². The Labute approximate surface area is 149 Å². The summed E-state index contributed by atoms with van der Waals surface area (Å²) in [7, 11) is 0. The highest BCUT2D eigenvalue weighted by molar-refractivity contribution is 9.10. The molecule has 1 amide bonds. The molecule has 0 aliphatic rings. The summed E-state index contributed by atoms with van der Waals surface area (Å²) in [4.78, 5) is 23.8. The summed E-state index contributed by atoms with van der Waals surface area (Å²) >= 11 is 8.18. The lowest BCUT2D eigenvalue weighted by atomic mass is 10.2. The summed E-state index contributed by atoms with van der Waals surface area (Å²) in [5.74, 6) is -0.462. The number of halogens is 1. The van der Waals surface area contributed by atoms with Gasteiger partial charge in [0.1, 0.15) is 0 Å². The van der Waals surface area contributed by atoms with Gasteiger partial charge in [-0.25, -0.2) is 0 Å². The fraction of sp³-hybridized carbons (Fsp3) is 0.250. The second-order valence-corrected chi connectivity index (χ2v) is 5.80. The molecule has 0 saturated carbocycles. The Kier molecular flexibility index (Phi) is 5.87. The molecule has 1 aromatic heterocycles. The maximum Gasteiger partial charge on any atom is 0.270 e. The van der Waals surface area contributed by atoms with Gasteiger partial charge in [-0.3, -0.25) is 25.5 Å². The molecule has 0 aliphatic heterocycles. The van der Waals surface area contributed by atoms with E-state index in [2.05, 4.69) is 42.0 Å². The van der Waals surface area contributed by atoms with Crippen molar-refractivity contribution >= 4 is 50.8 Å². The molecule has 24 heavy (non-hydrogen) atoms. The molecule has 10 nitrogen and oxygen atoms in total. The Morgan fingerprint density at radius 1 is 1.50 bits per heavy atom. The maximum atomic E-state index is 12.2. The highest BCUT2D eigenvalue weighted by Gasteiger charge is 2.17. The number of aromatic nitrogens is 4. The van der Waals surface area contributed by atoms with E-state index in [1.54, 1.807) is 0 Å². The third-order valence-electron chi connectivity index (χ3n) is 2.73. The predicted molar refractivity (Wildman–Crippen MR) is 92.6 cm³/mol. The summed E-state index contributed by atoms with van der Waals surface area (Å²) in [5.41, 5.74) is -0.123. The zero-order valence-electron chi connectivity index (χ0n) is 12.4. The first kappa shape index (κ1) is 17.9. The number of hydrogen-bond donors (Lipinski definition) is 2. The number of anilines is 1. The number of non-ortho nitro benzene ring substituents is 1. The molecular formula is C12H12BrN7O3S. The van der Waals surface area contributed by atoms with Crippen LogP contribution in [0.1, 0.15) is 23.7 Å². The van der Waals surface area contributed by atoms with Gasteiger partial charge in [0.15, 0.2) is 5.11 Å². The predicted octanol–water partition coefficient (Wildman–Crippen LogP) is 1.88. The van der Waals surface area contributed by atoms with E-state index in [9.17, 15) is 14.9 Å². The number of nitrogens with zero attached hydrogens (tertiary/aromatic N) is 5. The number of carbonyl (C=O) groups is 1. The zero-order chi connectivity index (χ0) is 17.7. The first-order valence-corrected chi connectivity index (χ1v) is 7.95. The van der Waals surface area contributed by atoms with Crippen molar-refractivity contribution in [3.63, 3.8) is 0 Å². The number of hydrogen-bond acceptors (Lipinski definition) is 7. The van der Waals surface area contributed by atoms with E-state index in [4.69, 9.17) is 12.2 Å². The number of carbonyl (C=O) groups excluding carboxylic acids is 1. The molecule has 0 aliphatic carbocycles. The molecule has 12 heteroatoms. The quantitative estimate of drug-likeness (QED) is 0.431. The van der Waals surface area contributed by atoms with Gasteiger partial charge in [-0.2, -0.15) is 4.80 Å². The molecule has 1 heterocycles. The topological polar surface area (TPSA) is 128 Å². The van der Waals surface area contributed by atoms with Crippen LogP contribution in [0.5, 0.6) is 0 Å². The Morgan fingerprint density at radius 2 is 2.25 bits per heavy atom. The minimum atomic E-state index is -0.607. The Morgan fingerprint density at radius 3 is 2.92 bits per heavy atom. The Bertz CT molecular complexity index is 795. The summed E-state index contributed by atoms with van der Waals surface area (Å²) in [6, 6.07) is 3.85. The Hall–Kier alpha value is -2.47. The number of nitro groups is 1. The monoisotopic (exact) mass is 413 g/mol. The summed E-state index contributed by atoms with van der Waals surface area (Å²) in [6.45, 7) is 2.58. The zero-order valence-corrected chi connectivity index (χ0v) is 14.8. The molecule has 0 atom stereocenters.